The van der Waals surface area contributed by atoms with Gasteiger partial charge in [0.2, 0.25) is 10.0 Å². The lowest BCUT2D eigenvalue weighted by Gasteiger charge is -2.11. The molecule has 0 fully saturated rings. The first-order valence-electron chi connectivity index (χ1n) is 9.16. The van der Waals surface area contributed by atoms with Gasteiger partial charge in [-0.25, -0.2) is 18.5 Å². The van der Waals surface area contributed by atoms with Crippen LogP contribution in [0.2, 0.25) is 0 Å². The van der Waals surface area contributed by atoms with Crippen LogP contribution in [0.1, 0.15) is 24.2 Å². The van der Waals surface area contributed by atoms with Gasteiger partial charge in [0.25, 0.3) is 0 Å². The number of fused-ring (bicyclic) bond motifs is 1. The number of aliphatic hydroxyl groups excluding tert-OH is 1. The fraction of sp³-hybridized carbons (Fsp3) is 0.136. The average molecular weight is 407 g/mol. The molecule has 0 aliphatic carbocycles. The first kappa shape index (κ1) is 19.3. The molecule has 148 valence electrons. The molecule has 0 aliphatic heterocycles. The second kappa shape index (κ2) is 7.44. The number of benzene rings is 3. The summed E-state index contributed by atoms with van der Waals surface area (Å²) in [6.45, 7) is 1.72. The molecule has 29 heavy (non-hydrogen) atoms. The van der Waals surface area contributed by atoms with Crippen molar-refractivity contribution >= 4 is 21.1 Å². The number of aromatic nitrogens is 2. The minimum atomic E-state index is -3.64. The quantitative estimate of drug-likeness (QED) is 0.529. The van der Waals surface area contributed by atoms with Gasteiger partial charge in [-0.05, 0) is 53.4 Å². The van der Waals surface area contributed by atoms with Crippen LogP contribution in [0.25, 0.3) is 27.8 Å². The van der Waals surface area contributed by atoms with Crippen molar-refractivity contribution in [3.8, 4) is 16.8 Å². The van der Waals surface area contributed by atoms with Crippen LogP contribution in [0.4, 0.5) is 0 Å². The maximum atomic E-state index is 11.6. The normalized spacial score (nSPS) is 12.9. The lowest BCUT2D eigenvalue weighted by molar-refractivity contribution is 0.199. The fourth-order valence-electron chi connectivity index (χ4n) is 3.46. The maximum absolute atomic E-state index is 11.6. The molecule has 6 nitrogen and oxygen atoms in total. The minimum absolute atomic E-state index is 0.219. The van der Waals surface area contributed by atoms with Crippen LogP contribution in [0.5, 0.6) is 0 Å². The van der Waals surface area contributed by atoms with Gasteiger partial charge in [0, 0.05) is 5.69 Å². The van der Waals surface area contributed by atoms with E-state index in [1.807, 2.05) is 59.2 Å². The van der Waals surface area contributed by atoms with E-state index in [0.717, 1.165) is 33.4 Å². The van der Waals surface area contributed by atoms with E-state index in [9.17, 15) is 13.5 Å². The zero-order chi connectivity index (χ0) is 20.6. The molecule has 0 amide bonds. The highest BCUT2D eigenvalue weighted by molar-refractivity contribution is 7.88. The van der Waals surface area contributed by atoms with Gasteiger partial charge in [0.15, 0.2) is 0 Å². The lowest BCUT2D eigenvalue weighted by atomic mass is 10.00. The predicted octanol–water partition coefficient (Wildman–Crippen LogP) is 3.53. The summed E-state index contributed by atoms with van der Waals surface area (Å²) in [6, 6.07) is 20.9. The molecule has 4 rings (SSSR count). The van der Waals surface area contributed by atoms with Gasteiger partial charge in [-0.15, -0.1) is 0 Å². The molecule has 0 bridgehead atoms. The standard InChI is InChI=1S/C22H21N3O3S/c1-15(26)16-9-10-22-21(12-16)24-14-25(22)19-7-4-6-17(11-19)20-8-3-2-5-18(20)13-29(23,27)28/h2-12,14-15,26H,13H2,1H3,(H2,23,27,28). The van der Waals surface area contributed by atoms with E-state index in [4.69, 9.17) is 5.14 Å². The second-order valence-corrected chi connectivity index (χ2v) is 8.67. The van der Waals surface area contributed by atoms with E-state index in [2.05, 4.69) is 4.98 Å². The highest BCUT2D eigenvalue weighted by atomic mass is 32.2. The van der Waals surface area contributed by atoms with Crippen molar-refractivity contribution in [1.29, 1.82) is 0 Å². The fourth-order valence-corrected chi connectivity index (χ4v) is 4.15. The number of primary sulfonamides is 1. The Labute approximate surface area is 169 Å². The molecule has 0 spiro atoms. The van der Waals surface area contributed by atoms with Crippen LogP contribution in [0.3, 0.4) is 0 Å². The molecule has 1 aromatic heterocycles. The zero-order valence-electron chi connectivity index (χ0n) is 15.9. The Hall–Kier alpha value is -3.00. The van der Waals surface area contributed by atoms with Gasteiger partial charge in [0.1, 0.15) is 6.33 Å². The summed E-state index contributed by atoms with van der Waals surface area (Å²) in [4.78, 5) is 4.46. The molecule has 7 heteroatoms. The van der Waals surface area contributed by atoms with Gasteiger partial charge >= 0.3 is 0 Å². The van der Waals surface area contributed by atoms with Crippen molar-refractivity contribution in [2.45, 2.75) is 18.8 Å². The number of sulfonamides is 1. The molecule has 0 aliphatic rings. The second-order valence-electron chi connectivity index (χ2n) is 7.05. The third kappa shape index (κ3) is 4.07. The molecular formula is C22H21N3O3S. The van der Waals surface area contributed by atoms with Gasteiger partial charge in [-0.2, -0.15) is 0 Å². The highest BCUT2D eigenvalue weighted by Crippen LogP contribution is 2.28. The third-order valence-electron chi connectivity index (χ3n) is 4.86. The average Bonchev–Trinajstić information content (AvgIpc) is 3.10. The van der Waals surface area contributed by atoms with Crippen molar-refractivity contribution in [1.82, 2.24) is 9.55 Å². The summed E-state index contributed by atoms with van der Waals surface area (Å²) >= 11 is 0. The van der Waals surface area contributed by atoms with E-state index in [0.29, 0.717) is 5.56 Å². The highest BCUT2D eigenvalue weighted by Gasteiger charge is 2.13. The Morgan fingerprint density at radius 1 is 1.07 bits per heavy atom. The molecule has 4 aromatic rings. The molecule has 1 unspecified atom stereocenters. The van der Waals surface area contributed by atoms with Crippen LogP contribution in [-0.2, 0) is 15.8 Å². The first-order valence-corrected chi connectivity index (χ1v) is 10.9. The summed E-state index contributed by atoms with van der Waals surface area (Å²) in [5, 5.41) is 15.0. The van der Waals surface area contributed by atoms with Gasteiger partial charge < -0.3 is 5.11 Å². The van der Waals surface area contributed by atoms with E-state index >= 15 is 0 Å². The number of hydrogen-bond donors (Lipinski definition) is 2. The Bertz CT molecular complexity index is 1290. The van der Waals surface area contributed by atoms with Crippen LogP contribution in [0, 0.1) is 0 Å². The first-order chi connectivity index (χ1) is 13.8. The Morgan fingerprint density at radius 3 is 2.62 bits per heavy atom. The summed E-state index contributed by atoms with van der Waals surface area (Å²) in [7, 11) is -3.64. The van der Waals surface area contributed by atoms with Crippen LogP contribution < -0.4 is 5.14 Å². The van der Waals surface area contributed by atoms with E-state index in [1.54, 1.807) is 25.4 Å². The van der Waals surface area contributed by atoms with E-state index < -0.39 is 16.1 Å². The van der Waals surface area contributed by atoms with Crippen LogP contribution in [-0.4, -0.2) is 23.1 Å². The minimum Gasteiger partial charge on any atom is -0.389 e. The number of hydrogen-bond acceptors (Lipinski definition) is 4. The molecule has 0 saturated heterocycles. The molecular weight excluding hydrogens is 386 g/mol. The number of nitrogens with two attached hydrogens (primary N) is 1. The predicted molar refractivity (Wildman–Crippen MR) is 114 cm³/mol. The molecule has 3 aromatic carbocycles. The molecule has 1 atom stereocenters. The topological polar surface area (TPSA) is 98.2 Å². The Kier molecular flexibility index (Phi) is 4.96. The third-order valence-corrected chi connectivity index (χ3v) is 5.58. The van der Waals surface area contributed by atoms with Crippen molar-refractivity contribution in [2.75, 3.05) is 0 Å². The number of rotatable bonds is 5. The van der Waals surface area contributed by atoms with Gasteiger partial charge in [0.05, 0.1) is 22.9 Å². The summed E-state index contributed by atoms with van der Waals surface area (Å²) in [5.74, 6) is -0.219. The van der Waals surface area contributed by atoms with Gasteiger partial charge in [-0.3, -0.25) is 4.57 Å². The van der Waals surface area contributed by atoms with E-state index in [1.165, 1.54) is 0 Å². The Balaban J connectivity index is 1.79. The number of imidazole rings is 1. The summed E-state index contributed by atoms with van der Waals surface area (Å²) in [5.41, 5.74) is 5.80. The summed E-state index contributed by atoms with van der Waals surface area (Å²) in [6.07, 6.45) is 1.19. The largest absolute Gasteiger partial charge is 0.389 e. The number of nitrogens with zero attached hydrogens (tertiary/aromatic N) is 2. The summed E-state index contributed by atoms with van der Waals surface area (Å²) < 4.78 is 25.2. The van der Waals surface area contributed by atoms with Crippen molar-refractivity contribution in [3.63, 3.8) is 0 Å². The van der Waals surface area contributed by atoms with Crippen molar-refractivity contribution < 1.29 is 13.5 Å². The SMILES string of the molecule is CC(O)c1ccc2c(c1)ncn2-c1cccc(-c2ccccc2CS(N)(=O)=O)c1. The number of aliphatic hydroxyl groups is 1. The van der Waals surface area contributed by atoms with Crippen molar-refractivity contribution in [2.24, 2.45) is 5.14 Å². The monoisotopic (exact) mass is 407 g/mol. The smallest absolute Gasteiger partial charge is 0.213 e. The molecule has 3 N–H and O–H groups in total. The molecule has 0 saturated carbocycles. The zero-order valence-corrected chi connectivity index (χ0v) is 16.7. The molecule has 0 radical (unpaired) electrons. The maximum Gasteiger partial charge on any atom is 0.213 e. The van der Waals surface area contributed by atoms with Gasteiger partial charge in [-0.1, -0.05) is 42.5 Å². The Morgan fingerprint density at radius 2 is 1.86 bits per heavy atom. The van der Waals surface area contributed by atoms with E-state index in [-0.39, 0.29) is 5.75 Å². The van der Waals surface area contributed by atoms with Crippen LogP contribution >= 0.6 is 0 Å². The lowest BCUT2D eigenvalue weighted by Crippen LogP contribution is -2.15. The van der Waals surface area contributed by atoms with Crippen LogP contribution in [0.15, 0.2) is 73.1 Å². The van der Waals surface area contributed by atoms with Crippen molar-refractivity contribution in [3.05, 3.63) is 84.2 Å². The molecule has 1 heterocycles.